The van der Waals surface area contributed by atoms with Crippen molar-refractivity contribution in [3.8, 4) is 0 Å². The van der Waals surface area contributed by atoms with Crippen LogP contribution in [0.25, 0.3) is 0 Å². The van der Waals surface area contributed by atoms with Gasteiger partial charge in [-0.2, -0.15) is 0 Å². The highest BCUT2D eigenvalue weighted by Crippen LogP contribution is 2.05. The topological polar surface area (TPSA) is 61.8 Å². The molecule has 7 heteroatoms. The van der Waals surface area contributed by atoms with Gasteiger partial charge in [0.05, 0.1) is 25.6 Å². The van der Waals surface area contributed by atoms with E-state index in [4.69, 9.17) is 24.9 Å². The molecular formula is C10H21ClO5S. The number of hydrogen-bond donors (Lipinski definition) is 0. The van der Waals surface area contributed by atoms with Crippen molar-refractivity contribution >= 4 is 19.7 Å². The van der Waals surface area contributed by atoms with Gasteiger partial charge < -0.3 is 14.2 Å². The predicted octanol–water partition coefficient (Wildman–Crippen LogP) is 1.26. The Morgan fingerprint density at radius 2 is 1.76 bits per heavy atom. The quantitative estimate of drug-likeness (QED) is 0.423. The molecular weight excluding hydrogens is 268 g/mol. The maximum Gasteiger partial charge on any atom is 0.232 e. The van der Waals surface area contributed by atoms with Crippen LogP contribution in [0.3, 0.4) is 0 Å². The molecule has 0 bridgehead atoms. The summed E-state index contributed by atoms with van der Waals surface area (Å²) >= 11 is 0. The fraction of sp³-hybridized carbons (Fsp3) is 1.00. The Kier molecular flexibility index (Phi) is 10.2. The summed E-state index contributed by atoms with van der Waals surface area (Å²) in [6, 6.07) is 0. The minimum absolute atomic E-state index is 0.0662. The third-order valence-corrected chi connectivity index (χ3v) is 3.24. The van der Waals surface area contributed by atoms with E-state index in [1.807, 2.05) is 0 Å². The molecule has 0 rings (SSSR count). The maximum absolute atomic E-state index is 10.8. The summed E-state index contributed by atoms with van der Waals surface area (Å²) in [7, 11) is 3.33. The van der Waals surface area contributed by atoms with Gasteiger partial charge in [0.1, 0.15) is 0 Å². The van der Waals surface area contributed by atoms with E-state index in [1.165, 1.54) is 0 Å². The van der Waals surface area contributed by atoms with Crippen LogP contribution in [0.15, 0.2) is 0 Å². The standard InChI is InChI=1S/C10H21ClO5S/c1-10(9-17(11,12)13)8-16-7-6-15-5-3-4-14-2/h10H,3-9H2,1-2H3. The fourth-order valence-electron chi connectivity index (χ4n) is 1.20. The summed E-state index contributed by atoms with van der Waals surface area (Å²) in [6.07, 6.45) is 0.859. The molecule has 1 unspecified atom stereocenters. The molecule has 17 heavy (non-hydrogen) atoms. The molecule has 0 aromatic carbocycles. The summed E-state index contributed by atoms with van der Waals surface area (Å²) in [5.74, 6) is -0.172. The Hall–Kier alpha value is 0.120. The lowest BCUT2D eigenvalue weighted by atomic mass is 10.2. The van der Waals surface area contributed by atoms with Crippen LogP contribution in [0, 0.1) is 5.92 Å². The van der Waals surface area contributed by atoms with Crippen molar-refractivity contribution in [2.75, 3.05) is 45.9 Å². The largest absolute Gasteiger partial charge is 0.385 e. The van der Waals surface area contributed by atoms with Crippen LogP contribution in [-0.2, 0) is 23.3 Å². The molecule has 0 aromatic rings. The van der Waals surface area contributed by atoms with Gasteiger partial charge in [-0.3, -0.25) is 0 Å². The van der Waals surface area contributed by atoms with Crippen LogP contribution in [0.2, 0.25) is 0 Å². The molecule has 0 aliphatic heterocycles. The lowest BCUT2D eigenvalue weighted by molar-refractivity contribution is 0.0317. The van der Waals surface area contributed by atoms with E-state index >= 15 is 0 Å². The van der Waals surface area contributed by atoms with E-state index in [9.17, 15) is 8.42 Å². The molecule has 0 radical (unpaired) electrons. The van der Waals surface area contributed by atoms with Gasteiger partial charge in [-0.05, 0) is 12.3 Å². The van der Waals surface area contributed by atoms with Crippen LogP contribution in [0.1, 0.15) is 13.3 Å². The van der Waals surface area contributed by atoms with Crippen molar-refractivity contribution in [1.82, 2.24) is 0 Å². The molecule has 5 nitrogen and oxygen atoms in total. The number of hydrogen-bond acceptors (Lipinski definition) is 5. The highest BCUT2D eigenvalue weighted by molar-refractivity contribution is 8.13. The summed E-state index contributed by atoms with van der Waals surface area (Å²) in [4.78, 5) is 0. The van der Waals surface area contributed by atoms with Gasteiger partial charge in [0, 0.05) is 31.0 Å². The van der Waals surface area contributed by atoms with Crippen molar-refractivity contribution in [1.29, 1.82) is 0 Å². The molecule has 0 spiro atoms. The van der Waals surface area contributed by atoms with Crippen LogP contribution in [-0.4, -0.2) is 54.3 Å². The first kappa shape index (κ1) is 17.1. The average Bonchev–Trinajstić information content (AvgIpc) is 2.19. The van der Waals surface area contributed by atoms with Crippen molar-refractivity contribution in [2.24, 2.45) is 5.92 Å². The van der Waals surface area contributed by atoms with E-state index in [2.05, 4.69) is 0 Å². The second kappa shape index (κ2) is 10.1. The van der Waals surface area contributed by atoms with E-state index in [0.29, 0.717) is 33.0 Å². The van der Waals surface area contributed by atoms with E-state index < -0.39 is 9.05 Å². The van der Waals surface area contributed by atoms with Crippen LogP contribution in [0.5, 0.6) is 0 Å². The van der Waals surface area contributed by atoms with Crippen molar-refractivity contribution in [2.45, 2.75) is 13.3 Å². The number of methoxy groups -OCH3 is 1. The molecule has 1 atom stereocenters. The summed E-state index contributed by atoms with van der Waals surface area (Å²) in [5, 5.41) is 0. The van der Waals surface area contributed by atoms with Crippen molar-refractivity contribution in [3.63, 3.8) is 0 Å². The zero-order chi connectivity index (χ0) is 13.1. The lowest BCUT2D eigenvalue weighted by Crippen LogP contribution is -2.16. The minimum atomic E-state index is -3.43. The molecule has 0 saturated carbocycles. The average molecular weight is 289 g/mol. The summed E-state index contributed by atoms with van der Waals surface area (Å²) in [5.41, 5.74) is 0. The molecule has 0 fully saturated rings. The minimum Gasteiger partial charge on any atom is -0.385 e. The molecule has 0 heterocycles. The van der Waals surface area contributed by atoms with E-state index in [0.717, 1.165) is 6.42 Å². The summed E-state index contributed by atoms with van der Waals surface area (Å²) < 4.78 is 36.9. The normalized spacial score (nSPS) is 13.8. The Labute approximate surface area is 108 Å². The molecule has 0 aliphatic carbocycles. The first-order valence-electron chi connectivity index (χ1n) is 5.52. The van der Waals surface area contributed by atoms with Gasteiger partial charge in [0.15, 0.2) is 0 Å². The third kappa shape index (κ3) is 14.1. The highest BCUT2D eigenvalue weighted by atomic mass is 35.7. The second-order valence-corrected chi connectivity index (χ2v) is 6.67. The molecule has 0 aromatic heterocycles. The van der Waals surface area contributed by atoms with Crippen LogP contribution in [0.4, 0.5) is 0 Å². The van der Waals surface area contributed by atoms with Gasteiger partial charge in [-0.15, -0.1) is 0 Å². The third-order valence-electron chi connectivity index (χ3n) is 1.90. The zero-order valence-corrected chi connectivity index (χ0v) is 11.9. The van der Waals surface area contributed by atoms with Gasteiger partial charge in [-0.1, -0.05) is 6.92 Å². The number of ether oxygens (including phenoxy) is 3. The molecule has 0 saturated heterocycles. The first-order valence-corrected chi connectivity index (χ1v) is 8.00. The Morgan fingerprint density at radius 1 is 1.12 bits per heavy atom. The smallest absolute Gasteiger partial charge is 0.232 e. The highest BCUT2D eigenvalue weighted by Gasteiger charge is 2.12. The van der Waals surface area contributed by atoms with Crippen molar-refractivity contribution < 1.29 is 22.6 Å². The van der Waals surface area contributed by atoms with Crippen LogP contribution >= 0.6 is 10.7 Å². The van der Waals surface area contributed by atoms with Gasteiger partial charge in [0.25, 0.3) is 0 Å². The Bertz CT molecular complexity index is 268. The second-order valence-electron chi connectivity index (χ2n) is 3.84. The van der Waals surface area contributed by atoms with Gasteiger partial charge >= 0.3 is 0 Å². The summed E-state index contributed by atoms with van der Waals surface area (Å²) in [6.45, 7) is 4.44. The SMILES string of the molecule is COCCCOCCOCC(C)CS(=O)(=O)Cl. The molecule has 0 aliphatic rings. The van der Waals surface area contributed by atoms with E-state index in [1.54, 1.807) is 14.0 Å². The molecule has 104 valence electrons. The van der Waals surface area contributed by atoms with Crippen molar-refractivity contribution in [3.05, 3.63) is 0 Å². The predicted molar refractivity (Wildman–Crippen MR) is 66.9 cm³/mol. The van der Waals surface area contributed by atoms with Crippen LogP contribution < -0.4 is 0 Å². The van der Waals surface area contributed by atoms with E-state index in [-0.39, 0.29) is 11.7 Å². The zero-order valence-electron chi connectivity index (χ0n) is 10.4. The molecule has 0 N–H and O–H groups in total. The monoisotopic (exact) mass is 288 g/mol. The Morgan fingerprint density at radius 3 is 2.35 bits per heavy atom. The molecule has 0 amide bonds. The number of rotatable bonds is 11. The first-order chi connectivity index (χ1) is 7.95. The fourth-order valence-corrected chi connectivity index (χ4v) is 2.62. The van der Waals surface area contributed by atoms with Gasteiger partial charge in [0.2, 0.25) is 9.05 Å². The Balaban J connectivity index is 3.28. The number of halogens is 1. The van der Waals surface area contributed by atoms with Gasteiger partial charge in [-0.25, -0.2) is 8.42 Å². The lowest BCUT2D eigenvalue weighted by Gasteiger charge is -2.10. The maximum atomic E-state index is 10.8.